The molecule has 0 aliphatic carbocycles. The lowest BCUT2D eigenvalue weighted by Crippen LogP contribution is -3.14. The lowest BCUT2D eigenvalue weighted by molar-refractivity contribution is -0.907. The Bertz CT molecular complexity index is 1450. The zero-order chi connectivity index (χ0) is 27.6. The lowest BCUT2D eigenvalue weighted by atomic mass is 9.94. The molecule has 2 N–H and O–H groups in total. The first-order chi connectivity index (χ1) is 19.5. The smallest absolute Gasteiger partial charge is 0.295 e. The van der Waals surface area contributed by atoms with Crippen LogP contribution in [0.4, 0.5) is 0 Å². The number of nitrogens with zero attached hydrogens (tertiary/aromatic N) is 1. The van der Waals surface area contributed by atoms with Crippen molar-refractivity contribution in [2.75, 3.05) is 39.4 Å². The zero-order valence-electron chi connectivity index (χ0n) is 22.5. The van der Waals surface area contributed by atoms with E-state index in [1.165, 1.54) is 4.90 Å². The summed E-state index contributed by atoms with van der Waals surface area (Å²) in [6.45, 7) is 6.11. The number of nitrogens with one attached hydrogen (secondary N) is 1. The first-order valence-corrected chi connectivity index (χ1v) is 13.8. The van der Waals surface area contributed by atoms with E-state index in [0.717, 1.165) is 30.8 Å². The van der Waals surface area contributed by atoms with Gasteiger partial charge in [-0.1, -0.05) is 30.3 Å². The van der Waals surface area contributed by atoms with Gasteiger partial charge < -0.3 is 29.1 Å². The molecule has 8 nitrogen and oxygen atoms in total. The van der Waals surface area contributed by atoms with Gasteiger partial charge in [0.05, 0.1) is 37.9 Å². The first kappa shape index (κ1) is 26.1. The predicted octanol–water partition coefficient (Wildman–Crippen LogP) is 3.14. The molecule has 40 heavy (non-hydrogen) atoms. The highest BCUT2D eigenvalue weighted by Gasteiger charge is 2.46. The molecule has 0 saturated carbocycles. The molecular weight excluding hydrogens is 508 g/mol. The van der Waals surface area contributed by atoms with Crippen LogP contribution in [0.3, 0.4) is 0 Å². The molecular formula is C32H33N2O6+. The maximum Gasteiger partial charge on any atom is 0.295 e. The summed E-state index contributed by atoms with van der Waals surface area (Å²) in [5.41, 5.74) is 2.25. The van der Waals surface area contributed by atoms with E-state index in [-0.39, 0.29) is 17.4 Å². The molecule has 2 atom stereocenters. The zero-order valence-corrected chi connectivity index (χ0v) is 22.5. The number of quaternary nitrogens is 1. The number of aliphatic hydroxyl groups is 1. The van der Waals surface area contributed by atoms with Crippen LogP contribution >= 0.6 is 0 Å². The van der Waals surface area contributed by atoms with E-state index >= 15 is 0 Å². The number of aliphatic hydroxyl groups excluding tert-OH is 1. The van der Waals surface area contributed by atoms with Crippen LogP contribution in [0.2, 0.25) is 0 Å². The summed E-state index contributed by atoms with van der Waals surface area (Å²) in [4.78, 5) is 29.9. The number of hydrogen-bond donors (Lipinski definition) is 2. The molecule has 3 aromatic rings. The highest BCUT2D eigenvalue weighted by Crippen LogP contribution is 2.41. The summed E-state index contributed by atoms with van der Waals surface area (Å²) in [6, 6.07) is 21.5. The minimum absolute atomic E-state index is 0.0491. The number of Topliss-reactive ketones (excluding diaryl/α,β-unsaturated/α-hetero) is 1. The number of hydrogen-bond acceptors (Lipinski definition) is 6. The van der Waals surface area contributed by atoms with Crippen LogP contribution in [0.1, 0.15) is 29.7 Å². The van der Waals surface area contributed by atoms with E-state index in [1.54, 1.807) is 11.0 Å². The third-order valence-corrected chi connectivity index (χ3v) is 7.77. The molecule has 206 valence electrons. The molecule has 3 aliphatic rings. The van der Waals surface area contributed by atoms with Crippen LogP contribution in [0.25, 0.3) is 5.76 Å². The van der Waals surface area contributed by atoms with Crippen LogP contribution in [-0.4, -0.2) is 67.2 Å². The minimum Gasteiger partial charge on any atom is -0.507 e. The number of rotatable bonds is 7. The molecule has 0 radical (unpaired) electrons. The summed E-state index contributed by atoms with van der Waals surface area (Å²) in [5, 5.41) is 11.6. The van der Waals surface area contributed by atoms with Crippen LogP contribution in [-0.2, 0) is 20.7 Å². The number of carbonyl (C=O) groups excluding carboxylic acids is 2. The van der Waals surface area contributed by atoms with Gasteiger partial charge in [-0.2, -0.15) is 0 Å². The summed E-state index contributed by atoms with van der Waals surface area (Å²) in [5.74, 6) is 0.572. The van der Waals surface area contributed by atoms with Gasteiger partial charge in [-0.15, -0.1) is 0 Å². The molecule has 1 amide bonds. The van der Waals surface area contributed by atoms with Crippen LogP contribution < -0.4 is 14.4 Å². The van der Waals surface area contributed by atoms with Crippen LogP contribution in [0.15, 0.2) is 78.4 Å². The van der Waals surface area contributed by atoms with E-state index in [2.05, 4.69) is 0 Å². The Morgan fingerprint density at radius 3 is 2.58 bits per heavy atom. The quantitative estimate of drug-likeness (QED) is 0.272. The van der Waals surface area contributed by atoms with Crippen molar-refractivity contribution < 1.29 is 33.8 Å². The molecule has 6 rings (SSSR count). The topological polar surface area (TPSA) is 89.7 Å². The van der Waals surface area contributed by atoms with Crippen LogP contribution in [0, 0.1) is 0 Å². The Morgan fingerprint density at radius 2 is 1.77 bits per heavy atom. The minimum atomic E-state index is -0.747. The second kappa shape index (κ2) is 11.2. The van der Waals surface area contributed by atoms with Crippen molar-refractivity contribution in [1.29, 1.82) is 0 Å². The van der Waals surface area contributed by atoms with Gasteiger partial charge in [0.25, 0.3) is 11.7 Å². The average Bonchev–Trinajstić information content (AvgIpc) is 3.47. The molecule has 3 aliphatic heterocycles. The number of ether oxygens (including phenoxy) is 3. The number of likely N-dealkylation sites (tertiary alicyclic amines) is 1. The normalized spacial score (nSPS) is 22.3. The molecule has 0 unspecified atom stereocenters. The molecule has 0 spiro atoms. The number of fused-ring (bicyclic) bond motifs is 1. The number of carbonyl (C=O) groups is 2. The average molecular weight is 542 g/mol. The predicted molar refractivity (Wildman–Crippen MR) is 149 cm³/mol. The summed E-state index contributed by atoms with van der Waals surface area (Å²) in [7, 11) is 0. The van der Waals surface area contributed by atoms with E-state index in [9.17, 15) is 14.7 Å². The van der Waals surface area contributed by atoms with Crippen molar-refractivity contribution in [3.63, 3.8) is 0 Å². The number of benzene rings is 3. The third kappa shape index (κ3) is 5.20. The van der Waals surface area contributed by atoms with Crippen molar-refractivity contribution in [3.05, 3.63) is 95.1 Å². The van der Waals surface area contributed by atoms with Gasteiger partial charge in [0.1, 0.15) is 42.2 Å². The summed E-state index contributed by atoms with van der Waals surface area (Å²) < 4.78 is 17.4. The fourth-order valence-corrected chi connectivity index (χ4v) is 5.74. The Morgan fingerprint density at radius 1 is 1.00 bits per heavy atom. The number of para-hydroxylation sites is 1. The van der Waals surface area contributed by atoms with E-state index in [1.807, 2.05) is 73.7 Å². The molecule has 2 saturated heterocycles. The molecule has 0 bridgehead atoms. The van der Waals surface area contributed by atoms with E-state index in [0.29, 0.717) is 48.9 Å². The monoisotopic (exact) mass is 541 g/mol. The Labute approximate surface area is 233 Å². The molecule has 3 heterocycles. The second-order valence-corrected chi connectivity index (χ2v) is 10.5. The largest absolute Gasteiger partial charge is 0.507 e. The van der Waals surface area contributed by atoms with Crippen molar-refractivity contribution in [1.82, 2.24) is 4.90 Å². The van der Waals surface area contributed by atoms with Gasteiger partial charge in [0.2, 0.25) is 0 Å². The second-order valence-electron chi connectivity index (χ2n) is 10.5. The Hall–Kier alpha value is -4.14. The Kier molecular flexibility index (Phi) is 7.28. The molecule has 2 fully saturated rings. The number of morpholine rings is 1. The molecule has 0 aromatic heterocycles. The number of ketones is 1. The lowest BCUT2D eigenvalue weighted by Gasteiger charge is -2.29. The van der Waals surface area contributed by atoms with Gasteiger partial charge in [0, 0.05) is 12.0 Å². The third-order valence-electron chi connectivity index (χ3n) is 7.77. The first-order valence-electron chi connectivity index (χ1n) is 13.8. The van der Waals surface area contributed by atoms with E-state index in [4.69, 9.17) is 14.2 Å². The maximum absolute atomic E-state index is 13.5. The van der Waals surface area contributed by atoms with Crippen LogP contribution in [0.5, 0.6) is 17.2 Å². The molecule has 8 heteroatoms. The van der Waals surface area contributed by atoms with E-state index < -0.39 is 17.7 Å². The van der Waals surface area contributed by atoms with Crippen molar-refractivity contribution >= 4 is 17.4 Å². The van der Waals surface area contributed by atoms with Gasteiger partial charge in [0.15, 0.2) is 0 Å². The Balaban J connectivity index is 1.38. The fourth-order valence-electron chi connectivity index (χ4n) is 5.74. The number of amides is 1. The van der Waals surface area contributed by atoms with Gasteiger partial charge in [-0.25, -0.2) is 0 Å². The SMILES string of the molecule is C[C@H]1Cc2cc(C(O)=C3C(=O)C(=O)N(CC[NH+]4CCOCC4)[C@@H]3c3cccc(Oc4ccccc4)c3)ccc2O1. The molecule has 3 aromatic carbocycles. The van der Waals surface area contributed by atoms with Gasteiger partial charge in [-0.3, -0.25) is 9.59 Å². The standard InChI is InChI=1S/C32H32N2O6/c1-21-18-24-19-23(10-11-27(24)39-21)30(35)28-29(22-6-5-9-26(20-22)40-25-7-3-2-4-8-25)34(32(37)31(28)36)13-12-33-14-16-38-17-15-33/h2-11,19-21,29,35H,12-18H2,1H3/p+1/t21-,29+/m0/s1. The van der Waals surface area contributed by atoms with Crippen molar-refractivity contribution in [3.8, 4) is 17.2 Å². The highest BCUT2D eigenvalue weighted by atomic mass is 16.5. The summed E-state index contributed by atoms with van der Waals surface area (Å²) in [6.07, 6.45) is 0.767. The van der Waals surface area contributed by atoms with Gasteiger partial charge in [-0.05, 0) is 60.5 Å². The highest BCUT2D eigenvalue weighted by molar-refractivity contribution is 6.46. The van der Waals surface area contributed by atoms with Gasteiger partial charge >= 0.3 is 0 Å². The van der Waals surface area contributed by atoms with Crippen molar-refractivity contribution in [2.45, 2.75) is 25.5 Å². The maximum atomic E-state index is 13.5. The van der Waals surface area contributed by atoms with Crippen molar-refractivity contribution in [2.24, 2.45) is 0 Å². The fraction of sp³-hybridized carbons (Fsp3) is 0.312. The summed E-state index contributed by atoms with van der Waals surface area (Å²) >= 11 is 0.